The van der Waals surface area contributed by atoms with Crippen LogP contribution in [0.5, 0.6) is 0 Å². The average molecular weight is 312 g/mol. The molecule has 118 valence electrons. The number of hydrogen-bond acceptors (Lipinski definition) is 3. The fourth-order valence-electron chi connectivity index (χ4n) is 2.16. The first-order valence-electron chi connectivity index (χ1n) is 7.07. The zero-order chi connectivity index (χ0) is 16.0. The Bertz CT molecular complexity index is 597. The SMILES string of the molecule is CCCC(=O)NCCN(c1ccc(C)cc1C)S(C)(=O)=O. The third-order valence-corrected chi connectivity index (χ3v) is 4.32. The Kier molecular flexibility index (Phi) is 6.20. The second-order valence-corrected chi connectivity index (χ2v) is 7.13. The Balaban J connectivity index is 2.85. The molecule has 0 unspecified atom stereocenters. The zero-order valence-electron chi connectivity index (χ0n) is 13.1. The van der Waals surface area contributed by atoms with Gasteiger partial charge in [-0.25, -0.2) is 8.42 Å². The van der Waals surface area contributed by atoms with Gasteiger partial charge in [0.05, 0.1) is 18.5 Å². The summed E-state index contributed by atoms with van der Waals surface area (Å²) in [7, 11) is -3.38. The summed E-state index contributed by atoms with van der Waals surface area (Å²) in [5.41, 5.74) is 2.65. The highest BCUT2D eigenvalue weighted by Gasteiger charge is 2.19. The Morgan fingerprint density at radius 1 is 1.29 bits per heavy atom. The predicted octanol–water partition coefficient (Wildman–Crippen LogP) is 1.99. The van der Waals surface area contributed by atoms with Crippen LogP contribution in [-0.4, -0.2) is 33.7 Å². The fraction of sp³-hybridized carbons (Fsp3) is 0.533. The summed E-state index contributed by atoms with van der Waals surface area (Å²) in [6.45, 7) is 6.32. The van der Waals surface area contributed by atoms with Crippen molar-refractivity contribution in [1.82, 2.24) is 5.32 Å². The summed E-state index contributed by atoms with van der Waals surface area (Å²) >= 11 is 0. The van der Waals surface area contributed by atoms with E-state index >= 15 is 0 Å². The Hall–Kier alpha value is -1.56. The van der Waals surface area contributed by atoms with Crippen LogP contribution in [0.15, 0.2) is 18.2 Å². The van der Waals surface area contributed by atoms with Gasteiger partial charge in [0.15, 0.2) is 0 Å². The lowest BCUT2D eigenvalue weighted by Gasteiger charge is -2.24. The van der Waals surface area contributed by atoms with Crippen molar-refractivity contribution < 1.29 is 13.2 Å². The first kappa shape index (κ1) is 17.5. The van der Waals surface area contributed by atoms with E-state index in [-0.39, 0.29) is 12.5 Å². The van der Waals surface area contributed by atoms with Gasteiger partial charge in [-0.05, 0) is 31.9 Å². The molecule has 0 spiro atoms. The lowest BCUT2D eigenvalue weighted by atomic mass is 10.1. The van der Waals surface area contributed by atoms with Crippen molar-refractivity contribution in [3.63, 3.8) is 0 Å². The Morgan fingerprint density at radius 2 is 1.95 bits per heavy atom. The van der Waals surface area contributed by atoms with Crippen molar-refractivity contribution in [3.05, 3.63) is 29.3 Å². The molecule has 21 heavy (non-hydrogen) atoms. The molecule has 0 heterocycles. The Morgan fingerprint density at radius 3 is 2.48 bits per heavy atom. The van der Waals surface area contributed by atoms with Crippen molar-refractivity contribution in [2.75, 3.05) is 23.7 Å². The van der Waals surface area contributed by atoms with Gasteiger partial charge in [0.1, 0.15) is 0 Å². The van der Waals surface area contributed by atoms with Gasteiger partial charge in [-0.15, -0.1) is 0 Å². The summed E-state index contributed by atoms with van der Waals surface area (Å²) in [4.78, 5) is 11.4. The maximum Gasteiger partial charge on any atom is 0.232 e. The van der Waals surface area contributed by atoms with Gasteiger partial charge in [-0.1, -0.05) is 24.6 Å². The van der Waals surface area contributed by atoms with Crippen molar-refractivity contribution in [2.45, 2.75) is 33.6 Å². The van der Waals surface area contributed by atoms with Crippen LogP contribution >= 0.6 is 0 Å². The van der Waals surface area contributed by atoms with E-state index in [1.54, 1.807) is 6.07 Å². The molecule has 1 aromatic rings. The first-order valence-corrected chi connectivity index (χ1v) is 8.92. The number of carbonyl (C=O) groups is 1. The molecule has 0 radical (unpaired) electrons. The van der Waals surface area contributed by atoms with E-state index in [0.717, 1.165) is 17.5 Å². The van der Waals surface area contributed by atoms with Crippen molar-refractivity contribution in [2.24, 2.45) is 0 Å². The Labute approximate surface area is 127 Å². The molecule has 0 fully saturated rings. The van der Waals surface area contributed by atoms with Crippen molar-refractivity contribution in [3.8, 4) is 0 Å². The van der Waals surface area contributed by atoms with Gasteiger partial charge >= 0.3 is 0 Å². The molecule has 0 atom stereocenters. The highest BCUT2D eigenvalue weighted by molar-refractivity contribution is 7.92. The molecule has 1 aromatic carbocycles. The molecule has 5 nitrogen and oxygen atoms in total. The van der Waals surface area contributed by atoms with E-state index in [2.05, 4.69) is 5.32 Å². The number of sulfonamides is 1. The van der Waals surface area contributed by atoms with Crippen LogP contribution in [0.25, 0.3) is 0 Å². The second kappa shape index (κ2) is 7.45. The van der Waals surface area contributed by atoms with Gasteiger partial charge in [0.2, 0.25) is 15.9 Å². The van der Waals surface area contributed by atoms with Gasteiger partial charge in [-0.2, -0.15) is 0 Å². The summed E-state index contributed by atoms with van der Waals surface area (Å²) in [6.07, 6.45) is 2.42. The lowest BCUT2D eigenvalue weighted by molar-refractivity contribution is -0.121. The second-order valence-electron chi connectivity index (χ2n) is 5.23. The molecule has 6 heteroatoms. The molecule has 1 amide bonds. The minimum atomic E-state index is -3.38. The van der Waals surface area contributed by atoms with Crippen LogP contribution in [0.2, 0.25) is 0 Å². The smallest absolute Gasteiger partial charge is 0.232 e. The average Bonchev–Trinajstić information content (AvgIpc) is 2.35. The monoisotopic (exact) mass is 312 g/mol. The highest BCUT2D eigenvalue weighted by atomic mass is 32.2. The quantitative estimate of drug-likeness (QED) is 0.837. The summed E-state index contributed by atoms with van der Waals surface area (Å²) in [6, 6.07) is 5.64. The number of benzene rings is 1. The fourth-order valence-corrected chi connectivity index (χ4v) is 3.15. The normalized spacial score (nSPS) is 11.2. The number of carbonyl (C=O) groups excluding carboxylic acids is 1. The number of rotatable bonds is 7. The van der Waals surface area contributed by atoms with Crippen LogP contribution < -0.4 is 9.62 Å². The summed E-state index contributed by atoms with van der Waals surface area (Å²) in [5, 5.41) is 2.74. The van der Waals surface area contributed by atoms with E-state index in [4.69, 9.17) is 0 Å². The van der Waals surface area contributed by atoms with Gasteiger partial charge in [-0.3, -0.25) is 9.10 Å². The molecule has 0 saturated carbocycles. The predicted molar refractivity (Wildman–Crippen MR) is 86.0 cm³/mol. The van der Waals surface area contributed by atoms with E-state index in [0.29, 0.717) is 18.7 Å². The third kappa shape index (κ3) is 5.38. The van der Waals surface area contributed by atoms with E-state index in [9.17, 15) is 13.2 Å². The molecular formula is C15H24N2O3S. The van der Waals surface area contributed by atoms with Gasteiger partial charge in [0.25, 0.3) is 0 Å². The first-order chi connectivity index (χ1) is 9.75. The van der Waals surface area contributed by atoms with Gasteiger partial charge in [0, 0.05) is 13.0 Å². The van der Waals surface area contributed by atoms with Crippen molar-refractivity contribution in [1.29, 1.82) is 0 Å². The maximum absolute atomic E-state index is 12.0. The van der Waals surface area contributed by atoms with Crippen LogP contribution in [0.4, 0.5) is 5.69 Å². The molecule has 0 aliphatic carbocycles. The molecule has 1 N–H and O–H groups in total. The maximum atomic E-state index is 12.0. The van der Waals surface area contributed by atoms with Crippen LogP contribution in [-0.2, 0) is 14.8 Å². The van der Waals surface area contributed by atoms with Crippen LogP contribution in [0, 0.1) is 13.8 Å². The van der Waals surface area contributed by atoms with Gasteiger partial charge < -0.3 is 5.32 Å². The zero-order valence-corrected chi connectivity index (χ0v) is 14.0. The topological polar surface area (TPSA) is 66.5 Å². The van der Waals surface area contributed by atoms with E-state index < -0.39 is 10.0 Å². The standard InChI is InChI=1S/C15H24N2O3S/c1-5-6-15(18)16-9-10-17(21(4,19)20)14-8-7-12(2)11-13(14)3/h7-8,11H,5-6,9-10H2,1-4H3,(H,16,18). The molecule has 1 rings (SSSR count). The molecule has 0 bridgehead atoms. The number of aryl methyl sites for hydroxylation is 2. The van der Waals surface area contributed by atoms with Crippen molar-refractivity contribution >= 4 is 21.6 Å². The number of amides is 1. The number of anilines is 1. The number of nitrogens with zero attached hydrogens (tertiary/aromatic N) is 1. The van der Waals surface area contributed by atoms with E-state index in [1.807, 2.05) is 32.9 Å². The molecule has 0 aromatic heterocycles. The minimum absolute atomic E-state index is 0.0495. The number of nitrogens with one attached hydrogen (secondary N) is 1. The summed E-state index contributed by atoms with van der Waals surface area (Å²) in [5.74, 6) is -0.0495. The molecular weight excluding hydrogens is 288 g/mol. The number of hydrogen-bond donors (Lipinski definition) is 1. The molecule has 0 saturated heterocycles. The largest absolute Gasteiger partial charge is 0.354 e. The van der Waals surface area contributed by atoms with Crippen LogP contribution in [0.1, 0.15) is 30.9 Å². The molecule has 0 aliphatic rings. The minimum Gasteiger partial charge on any atom is -0.354 e. The van der Waals surface area contributed by atoms with E-state index in [1.165, 1.54) is 10.6 Å². The summed E-state index contributed by atoms with van der Waals surface area (Å²) < 4.78 is 25.3. The lowest BCUT2D eigenvalue weighted by Crippen LogP contribution is -2.38. The third-order valence-electron chi connectivity index (χ3n) is 3.14. The molecule has 0 aliphatic heterocycles. The van der Waals surface area contributed by atoms with Crippen LogP contribution in [0.3, 0.4) is 0 Å². The highest BCUT2D eigenvalue weighted by Crippen LogP contribution is 2.23.